The highest BCUT2D eigenvalue weighted by Gasteiger charge is 2.24. The lowest BCUT2D eigenvalue weighted by Crippen LogP contribution is -2.54. The van der Waals surface area contributed by atoms with Gasteiger partial charge in [-0.1, -0.05) is 0 Å². The number of imidazole rings is 1. The van der Waals surface area contributed by atoms with E-state index >= 15 is 0 Å². The zero-order valence-corrected chi connectivity index (χ0v) is 19.6. The topological polar surface area (TPSA) is 99.5 Å². The number of rotatable bonds is 4. The van der Waals surface area contributed by atoms with Gasteiger partial charge in [0.25, 0.3) is 5.91 Å². The van der Waals surface area contributed by atoms with Crippen molar-refractivity contribution in [3.8, 4) is 0 Å². The first-order valence-corrected chi connectivity index (χ1v) is 11.3. The highest BCUT2D eigenvalue weighted by molar-refractivity contribution is 6.14. The molecule has 0 spiro atoms. The van der Waals surface area contributed by atoms with Gasteiger partial charge >= 0.3 is 0 Å². The van der Waals surface area contributed by atoms with Crippen LogP contribution in [0.2, 0.25) is 0 Å². The van der Waals surface area contributed by atoms with Gasteiger partial charge in [-0.15, -0.1) is 0 Å². The Bertz CT molecular complexity index is 1390. The number of fused-ring (bicyclic) bond motifs is 2. The third-order valence-electron chi connectivity index (χ3n) is 5.98. The summed E-state index contributed by atoms with van der Waals surface area (Å²) < 4.78 is 16.1. The molecule has 1 aliphatic rings. The number of amides is 1. The SMILES string of the molecule is CNc1ncc2c(N3C[C@H](C)N[C@@H](C)C3)ccc(C(=O)Nc3cc(F)c4nc(C)cn4c3)c2n1. The van der Waals surface area contributed by atoms with E-state index in [0.29, 0.717) is 40.5 Å². The van der Waals surface area contributed by atoms with Crippen molar-refractivity contribution in [1.82, 2.24) is 24.7 Å². The van der Waals surface area contributed by atoms with E-state index in [1.165, 1.54) is 6.07 Å². The molecule has 0 bridgehead atoms. The molecule has 2 atom stereocenters. The fourth-order valence-corrected chi connectivity index (χ4v) is 4.65. The summed E-state index contributed by atoms with van der Waals surface area (Å²) in [6.45, 7) is 7.77. The Hall–Kier alpha value is -3.79. The van der Waals surface area contributed by atoms with Crippen molar-refractivity contribution in [2.24, 2.45) is 0 Å². The Morgan fingerprint density at radius 3 is 2.68 bits per heavy atom. The van der Waals surface area contributed by atoms with Crippen LogP contribution in [0.1, 0.15) is 29.9 Å². The first-order valence-electron chi connectivity index (χ1n) is 11.3. The predicted octanol–water partition coefficient (Wildman–Crippen LogP) is 3.21. The van der Waals surface area contributed by atoms with E-state index < -0.39 is 5.82 Å². The maximum absolute atomic E-state index is 14.5. The normalized spacial score (nSPS) is 18.4. The Kier molecular flexibility index (Phi) is 5.52. The van der Waals surface area contributed by atoms with Crippen molar-refractivity contribution in [3.63, 3.8) is 0 Å². The van der Waals surface area contributed by atoms with Gasteiger partial charge in [-0.2, -0.15) is 0 Å². The van der Waals surface area contributed by atoms with Crippen LogP contribution in [0.5, 0.6) is 0 Å². The Balaban J connectivity index is 1.54. The average molecular weight is 463 g/mol. The van der Waals surface area contributed by atoms with Crippen molar-refractivity contribution in [1.29, 1.82) is 0 Å². The van der Waals surface area contributed by atoms with Gasteiger partial charge in [0.1, 0.15) is 0 Å². The molecule has 10 heteroatoms. The number of carbonyl (C=O) groups is 1. The molecule has 1 saturated heterocycles. The molecule has 0 unspecified atom stereocenters. The maximum atomic E-state index is 14.5. The molecule has 1 aromatic carbocycles. The predicted molar refractivity (Wildman–Crippen MR) is 131 cm³/mol. The zero-order chi connectivity index (χ0) is 24.0. The first-order chi connectivity index (χ1) is 16.3. The lowest BCUT2D eigenvalue weighted by atomic mass is 10.0. The number of hydrogen-bond acceptors (Lipinski definition) is 7. The van der Waals surface area contributed by atoms with Crippen molar-refractivity contribution < 1.29 is 9.18 Å². The zero-order valence-electron chi connectivity index (χ0n) is 19.6. The van der Waals surface area contributed by atoms with E-state index in [4.69, 9.17) is 0 Å². The number of pyridine rings is 1. The summed E-state index contributed by atoms with van der Waals surface area (Å²) in [6.07, 6.45) is 5.10. The van der Waals surface area contributed by atoms with Crippen molar-refractivity contribution >= 4 is 39.8 Å². The Morgan fingerprint density at radius 1 is 1.18 bits per heavy atom. The largest absolute Gasteiger partial charge is 0.368 e. The molecule has 0 radical (unpaired) electrons. The number of benzene rings is 1. The third kappa shape index (κ3) is 4.01. The van der Waals surface area contributed by atoms with Crippen LogP contribution in [-0.2, 0) is 0 Å². The minimum absolute atomic E-state index is 0.219. The van der Waals surface area contributed by atoms with Crippen LogP contribution in [0.4, 0.5) is 21.7 Å². The van der Waals surface area contributed by atoms with E-state index in [-0.39, 0.29) is 11.6 Å². The fourth-order valence-electron chi connectivity index (χ4n) is 4.65. The molecule has 0 saturated carbocycles. The second kappa shape index (κ2) is 8.53. The van der Waals surface area contributed by atoms with Gasteiger partial charge in [-0.3, -0.25) is 4.79 Å². The summed E-state index contributed by atoms with van der Waals surface area (Å²) in [5.41, 5.74) is 3.14. The molecule has 4 aromatic rings. The van der Waals surface area contributed by atoms with Gasteiger partial charge in [0.15, 0.2) is 11.5 Å². The monoisotopic (exact) mass is 462 g/mol. The summed E-state index contributed by atoms with van der Waals surface area (Å²) in [4.78, 5) is 28.8. The Labute approximate surface area is 196 Å². The van der Waals surface area contributed by atoms with Crippen molar-refractivity contribution in [2.75, 3.05) is 35.7 Å². The maximum Gasteiger partial charge on any atom is 0.257 e. The molecule has 3 N–H and O–H groups in total. The molecule has 1 fully saturated rings. The number of anilines is 3. The molecule has 5 rings (SSSR count). The summed E-state index contributed by atoms with van der Waals surface area (Å²) in [7, 11) is 1.73. The van der Waals surface area contributed by atoms with Crippen LogP contribution in [0.25, 0.3) is 16.6 Å². The van der Waals surface area contributed by atoms with E-state index in [1.54, 1.807) is 43.0 Å². The molecular formula is C24H27FN8O. The number of piperazine rings is 1. The van der Waals surface area contributed by atoms with Crippen LogP contribution in [0.3, 0.4) is 0 Å². The minimum atomic E-state index is -0.507. The molecule has 3 aromatic heterocycles. The number of halogens is 1. The van der Waals surface area contributed by atoms with Gasteiger partial charge in [-0.25, -0.2) is 19.3 Å². The first kappa shape index (κ1) is 22.0. The van der Waals surface area contributed by atoms with Crippen LogP contribution >= 0.6 is 0 Å². The summed E-state index contributed by atoms with van der Waals surface area (Å²) in [5.74, 6) is -0.468. The highest BCUT2D eigenvalue weighted by atomic mass is 19.1. The second-order valence-electron chi connectivity index (χ2n) is 8.86. The molecule has 176 valence electrons. The van der Waals surface area contributed by atoms with Crippen molar-refractivity contribution in [3.05, 3.63) is 53.9 Å². The molecular weight excluding hydrogens is 435 g/mol. The molecule has 0 aliphatic carbocycles. The number of nitrogens with one attached hydrogen (secondary N) is 3. The standard InChI is InChI=1S/C24H27FN8O/c1-13-9-32(10-14(2)28-13)20-6-5-17(21-18(20)8-27-24(26-4)31-21)23(34)30-16-7-19(25)22-29-15(3)11-33(22)12-16/h5-8,11-14,28H,9-10H2,1-4H3,(H,30,34)(H,26,27,31)/t13-,14-/m0/s1. The average Bonchev–Trinajstić information content (AvgIpc) is 3.18. The molecule has 9 nitrogen and oxygen atoms in total. The number of nitrogens with zero attached hydrogens (tertiary/aromatic N) is 5. The number of carbonyl (C=O) groups excluding carboxylic acids is 1. The van der Waals surface area contributed by atoms with E-state index in [2.05, 4.69) is 49.6 Å². The van der Waals surface area contributed by atoms with Gasteiger partial charge in [-0.05, 0) is 32.9 Å². The number of hydrogen-bond donors (Lipinski definition) is 3. The number of aromatic nitrogens is 4. The second-order valence-corrected chi connectivity index (χ2v) is 8.86. The quantitative estimate of drug-likeness (QED) is 0.428. The van der Waals surface area contributed by atoms with Crippen LogP contribution < -0.4 is 20.9 Å². The smallest absolute Gasteiger partial charge is 0.257 e. The van der Waals surface area contributed by atoms with Gasteiger partial charge in [0.05, 0.1) is 22.5 Å². The summed E-state index contributed by atoms with van der Waals surface area (Å²) in [5, 5.41) is 10.1. The molecule has 34 heavy (non-hydrogen) atoms. The van der Waals surface area contributed by atoms with Gasteiger partial charge < -0.3 is 25.3 Å². The lowest BCUT2D eigenvalue weighted by molar-refractivity contribution is 0.102. The fraction of sp³-hybridized carbons (Fsp3) is 0.333. The summed E-state index contributed by atoms with van der Waals surface area (Å²) >= 11 is 0. The van der Waals surface area contributed by atoms with Gasteiger partial charge in [0.2, 0.25) is 5.95 Å². The number of aryl methyl sites for hydroxylation is 1. The molecule has 4 heterocycles. The Morgan fingerprint density at radius 2 is 1.94 bits per heavy atom. The van der Waals surface area contributed by atoms with Gasteiger partial charge in [0, 0.05) is 68.0 Å². The highest BCUT2D eigenvalue weighted by Crippen LogP contribution is 2.30. The van der Waals surface area contributed by atoms with Crippen molar-refractivity contribution in [2.45, 2.75) is 32.9 Å². The van der Waals surface area contributed by atoms with Crippen LogP contribution in [0, 0.1) is 12.7 Å². The summed E-state index contributed by atoms with van der Waals surface area (Å²) in [6, 6.07) is 5.64. The molecule has 1 amide bonds. The van der Waals surface area contributed by atoms with Crippen LogP contribution in [0.15, 0.2) is 36.8 Å². The van der Waals surface area contributed by atoms with Crippen LogP contribution in [-0.4, -0.2) is 57.5 Å². The minimum Gasteiger partial charge on any atom is -0.368 e. The van der Waals surface area contributed by atoms with E-state index in [1.807, 2.05) is 6.07 Å². The lowest BCUT2D eigenvalue weighted by Gasteiger charge is -2.38. The molecule has 1 aliphatic heterocycles. The van der Waals surface area contributed by atoms with E-state index in [0.717, 1.165) is 24.2 Å². The van der Waals surface area contributed by atoms with E-state index in [9.17, 15) is 9.18 Å². The third-order valence-corrected chi connectivity index (χ3v) is 5.98.